The summed E-state index contributed by atoms with van der Waals surface area (Å²) in [5, 5.41) is 11.1. The van der Waals surface area contributed by atoms with Crippen LogP contribution in [0.4, 0.5) is 0 Å². The van der Waals surface area contributed by atoms with Gasteiger partial charge < -0.3 is 19.8 Å². The lowest BCUT2D eigenvalue weighted by Gasteiger charge is -1.99. The Morgan fingerprint density at radius 1 is 1.64 bits per heavy atom. The summed E-state index contributed by atoms with van der Waals surface area (Å²) in [7, 11) is 0. The van der Waals surface area contributed by atoms with Crippen molar-refractivity contribution < 1.29 is 14.3 Å². The Morgan fingerprint density at radius 3 is 3.21 bits per heavy atom. The summed E-state index contributed by atoms with van der Waals surface area (Å²) in [4.78, 5) is 14.3. The van der Waals surface area contributed by atoms with E-state index in [9.17, 15) is 4.79 Å². The average Bonchev–Trinajstić information content (AvgIpc) is 2.72. The maximum Gasteiger partial charge on any atom is 0.267 e. The lowest BCUT2D eigenvalue weighted by molar-refractivity contribution is 0.0940. The highest BCUT2D eigenvalue weighted by molar-refractivity contribution is 5.96. The van der Waals surface area contributed by atoms with Gasteiger partial charge >= 0.3 is 0 Å². The molecule has 1 amide bonds. The van der Waals surface area contributed by atoms with Crippen LogP contribution < -0.4 is 5.32 Å². The van der Waals surface area contributed by atoms with Crippen molar-refractivity contribution in [2.45, 2.75) is 0 Å². The van der Waals surface area contributed by atoms with Gasteiger partial charge in [0.05, 0.1) is 18.4 Å². The number of carbonyl (C=O) groups is 1. The van der Waals surface area contributed by atoms with E-state index in [4.69, 9.17) is 9.52 Å². The van der Waals surface area contributed by atoms with Crippen LogP contribution in [0.15, 0.2) is 22.8 Å². The molecule has 5 nitrogen and oxygen atoms in total. The van der Waals surface area contributed by atoms with E-state index < -0.39 is 0 Å². The van der Waals surface area contributed by atoms with Crippen LogP contribution in [0.25, 0.3) is 11.1 Å². The number of aromatic nitrogens is 1. The van der Waals surface area contributed by atoms with Gasteiger partial charge in [-0.3, -0.25) is 4.79 Å². The highest BCUT2D eigenvalue weighted by atomic mass is 16.3. The Hall–Kier alpha value is -1.75. The van der Waals surface area contributed by atoms with Gasteiger partial charge in [0, 0.05) is 18.7 Å². The maximum atomic E-state index is 11.4. The molecule has 74 valence electrons. The van der Waals surface area contributed by atoms with E-state index >= 15 is 0 Å². The molecule has 0 aliphatic rings. The van der Waals surface area contributed by atoms with Crippen LogP contribution >= 0.6 is 0 Å². The monoisotopic (exact) mass is 194 g/mol. The van der Waals surface area contributed by atoms with Crippen molar-refractivity contribution in [2.75, 3.05) is 13.2 Å². The third-order valence-electron chi connectivity index (χ3n) is 1.88. The Labute approximate surface area is 79.7 Å². The number of aliphatic hydroxyl groups is 1. The third-order valence-corrected chi connectivity index (χ3v) is 1.88. The summed E-state index contributed by atoms with van der Waals surface area (Å²) in [5.41, 5.74) is 1.88. The fraction of sp³-hybridized carbons (Fsp3) is 0.222. The van der Waals surface area contributed by atoms with Gasteiger partial charge in [0.25, 0.3) is 5.91 Å². The molecule has 0 aromatic carbocycles. The zero-order chi connectivity index (χ0) is 9.97. The van der Waals surface area contributed by atoms with E-state index in [0.29, 0.717) is 11.3 Å². The minimum absolute atomic E-state index is 0.0669. The first-order chi connectivity index (χ1) is 6.81. The molecule has 2 heterocycles. The molecule has 14 heavy (non-hydrogen) atoms. The summed E-state index contributed by atoms with van der Waals surface area (Å²) in [6, 6.07) is 3.38. The molecule has 0 bridgehead atoms. The highest BCUT2D eigenvalue weighted by Crippen LogP contribution is 2.15. The molecule has 2 aromatic rings. The first kappa shape index (κ1) is 8.83. The van der Waals surface area contributed by atoms with Crippen molar-refractivity contribution in [3.05, 3.63) is 24.1 Å². The van der Waals surface area contributed by atoms with E-state index in [-0.39, 0.29) is 19.1 Å². The summed E-state index contributed by atoms with van der Waals surface area (Å²) >= 11 is 0. The van der Waals surface area contributed by atoms with Crippen LogP contribution in [0.1, 0.15) is 10.5 Å². The minimum atomic E-state index is -0.245. The van der Waals surface area contributed by atoms with Crippen LogP contribution in [-0.4, -0.2) is 29.1 Å². The van der Waals surface area contributed by atoms with E-state index in [2.05, 4.69) is 10.3 Å². The number of rotatable bonds is 3. The molecule has 2 aromatic heterocycles. The Balaban J connectivity index is 2.18. The number of H-pyrrole nitrogens is 1. The van der Waals surface area contributed by atoms with Crippen LogP contribution in [0, 0.1) is 0 Å². The normalized spacial score (nSPS) is 10.6. The van der Waals surface area contributed by atoms with Gasteiger partial charge in [0.2, 0.25) is 0 Å². The van der Waals surface area contributed by atoms with E-state index in [1.54, 1.807) is 18.4 Å². The van der Waals surface area contributed by atoms with Gasteiger partial charge in [-0.2, -0.15) is 0 Å². The van der Waals surface area contributed by atoms with Gasteiger partial charge in [-0.1, -0.05) is 0 Å². The molecule has 5 heteroatoms. The number of hydrogen-bond acceptors (Lipinski definition) is 3. The van der Waals surface area contributed by atoms with Crippen LogP contribution in [0.5, 0.6) is 0 Å². The van der Waals surface area contributed by atoms with Crippen molar-refractivity contribution in [3.63, 3.8) is 0 Å². The van der Waals surface area contributed by atoms with Crippen molar-refractivity contribution in [1.29, 1.82) is 0 Å². The van der Waals surface area contributed by atoms with Gasteiger partial charge in [-0.15, -0.1) is 0 Å². The van der Waals surface area contributed by atoms with Gasteiger partial charge in [-0.05, 0) is 0 Å². The molecule has 0 fully saturated rings. The Bertz CT molecular complexity index is 415. The largest absolute Gasteiger partial charge is 0.463 e. The topological polar surface area (TPSA) is 78.3 Å². The van der Waals surface area contributed by atoms with Crippen LogP contribution in [0.2, 0.25) is 0 Å². The van der Waals surface area contributed by atoms with E-state index in [1.165, 1.54) is 0 Å². The average molecular weight is 194 g/mol. The zero-order valence-corrected chi connectivity index (χ0v) is 7.41. The van der Waals surface area contributed by atoms with Crippen molar-refractivity contribution in [3.8, 4) is 0 Å². The number of nitrogens with one attached hydrogen (secondary N) is 2. The molecule has 0 aliphatic heterocycles. The predicted molar refractivity (Wildman–Crippen MR) is 50.0 cm³/mol. The fourth-order valence-corrected chi connectivity index (χ4v) is 1.24. The van der Waals surface area contributed by atoms with Crippen molar-refractivity contribution in [2.24, 2.45) is 0 Å². The smallest absolute Gasteiger partial charge is 0.267 e. The summed E-state index contributed by atoms with van der Waals surface area (Å²) in [5.74, 6) is -0.245. The molecule has 2 rings (SSSR count). The quantitative estimate of drug-likeness (QED) is 0.665. The number of aromatic amines is 1. The summed E-state index contributed by atoms with van der Waals surface area (Å²) in [6.07, 6.45) is 1.55. The second-order valence-electron chi connectivity index (χ2n) is 2.86. The lowest BCUT2D eigenvalue weighted by Crippen LogP contribution is -2.26. The number of aliphatic hydroxyl groups excluding tert-OH is 1. The predicted octanol–water partition coefficient (Wildman–Crippen LogP) is 0.483. The van der Waals surface area contributed by atoms with Gasteiger partial charge in [0.1, 0.15) is 5.69 Å². The second kappa shape index (κ2) is 3.55. The van der Waals surface area contributed by atoms with Crippen LogP contribution in [0.3, 0.4) is 0 Å². The SMILES string of the molecule is O=C(NCCO)c1cc2occc2[nH]1. The molecular weight excluding hydrogens is 184 g/mol. The maximum absolute atomic E-state index is 11.4. The van der Waals surface area contributed by atoms with Crippen molar-refractivity contribution >= 4 is 17.0 Å². The number of furan rings is 1. The minimum Gasteiger partial charge on any atom is -0.463 e. The Kier molecular flexibility index (Phi) is 2.24. The number of amides is 1. The standard InChI is InChI=1S/C9H10N2O3/c12-3-2-10-9(13)7-5-8-6(11-7)1-4-14-8/h1,4-5,11-12H,2-3H2,(H,10,13). The van der Waals surface area contributed by atoms with Crippen LogP contribution in [-0.2, 0) is 0 Å². The Morgan fingerprint density at radius 2 is 2.50 bits per heavy atom. The second-order valence-corrected chi connectivity index (χ2v) is 2.86. The summed E-state index contributed by atoms with van der Waals surface area (Å²) in [6.45, 7) is 0.182. The molecule has 0 unspecified atom stereocenters. The molecule has 0 spiro atoms. The molecule has 0 saturated carbocycles. The number of carbonyl (C=O) groups excluding carboxylic acids is 1. The molecule has 0 saturated heterocycles. The third kappa shape index (κ3) is 1.49. The molecule has 3 N–H and O–H groups in total. The van der Waals surface area contributed by atoms with Gasteiger partial charge in [0.15, 0.2) is 5.58 Å². The first-order valence-electron chi connectivity index (χ1n) is 4.26. The summed E-state index contributed by atoms with van der Waals surface area (Å²) < 4.78 is 5.09. The number of fused-ring (bicyclic) bond motifs is 1. The molecule has 0 atom stereocenters. The zero-order valence-electron chi connectivity index (χ0n) is 7.41. The van der Waals surface area contributed by atoms with E-state index in [1.807, 2.05) is 0 Å². The van der Waals surface area contributed by atoms with E-state index in [0.717, 1.165) is 5.52 Å². The fourth-order valence-electron chi connectivity index (χ4n) is 1.24. The first-order valence-corrected chi connectivity index (χ1v) is 4.26. The molecule has 0 radical (unpaired) electrons. The number of hydrogen-bond donors (Lipinski definition) is 3. The molecular formula is C9H10N2O3. The highest BCUT2D eigenvalue weighted by Gasteiger charge is 2.09. The van der Waals surface area contributed by atoms with Crippen molar-refractivity contribution in [1.82, 2.24) is 10.3 Å². The van der Waals surface area contributed by atoms with Gasteiger partial charge in [-0.25, -0.2) is 0 Å². The lowest BCUT2D eigenvalue weighted by atomic mass is 10.4. The molecule has 0 aliphatic carbocycles.